The number of rotatable bonds is 9. The summed E-state index contributed by atoms with van der Waals surface area (Å²) in [5.74, 6) is -0.666. The maximum Gasteiger partial charge on any atom is 0.244 e. The number of nitrogens with one attached hydrogen (secondary N) is 1. The van der Waals surface area contributed by atoms with E-state index in [1.165, 1.54) is 4.90 Å². The molecule has 0 unspecified atom stereocenters. The molecule has 0 saturated heterocycles. The van der Waals surface area contributed by atoms with Crippen LogP contribution in [-0.2, 0) is 26.2 Å². The van der Waals surface area contributed by atoms with Crippen molar-refractivity contribution in [3.8, 4) is 0 Å². The van der Waals surface area contributed by atoms with Crippen molar-refractivity contribution in [2.24, 2.45) is 0 Å². The van der Waals surface area contributed by atoms with E-state index in [1.54, 1.807) is 19.1 Å². The molecule has 0 bridgehead atoms. The molecule has 3 rings (SSSR count). The van der Waals surface area contributed by atoms with E-state index in [4.69, 9.17) is 0 Å². The van der Waals surface area contributed by atoms with E-state index >= 15 is 0 Å². The van der Waals surface area contributed by atoms with Gasteiger partial charge in [0, 0.05) is 17.1 Å². The van der Waals surface area contributed by atoms with Crippen LogP contribution in [0.4, 0.5) is 5.69 Å². The molecule has 2 amide bonds. The van der Waals surface area contributed by atoms with Crippen molar-refractivity contribution in [2.75, 3.05) is 17.1 Å². The number of sulfonamides is 1. The van der Waals surface area contributed by atoms with Gasteiger partial charge in [0.15, 0.2) is 0 Å². The molecule has 1 saturated carbocycles. The Morgan fingerprint density at radius 3 is 2.29 bits per heavy atom. The Hall–Kier alpha value is -2.39. The zero-order valence-electron chi connectivity index (χ0n) is 20.8. The number of anilines is 1. The first kappa shape index (κ1) is 27.2. The fraction of sp³-hybridized carbons (Fsp3) is 0.462. The number of nitrogens with zero attached hydrogens (tertiary/aromatic N) is 2. The first-order valence-electron chi connectivity index (χ1n) is 11.8. The molecule has 9 heteroatoms. The van der Waals surface area contributed by atoms with Gasteiger partial charge >= 0.3 is 0 Å². The van der Waals surface area contributed by atoms with Crippen LogP contribution in [0.3, 0.4) is 0 Å². The molecule has 7 nitrogen and oxygen atoms in total. The molecular weight excluding hydrogens is 530 g/mol. The second kappa shape index (κ2) is 11.6. The van der Waals surface area contributed by atoms with Gasteiger partial charge in [0.05, 0.1) is 11.9 Å². The monoisotopic (exact) mass is 563 g/mol. The Balaban J connectivity index is 1.90. The summed E-state index contributed by atoms with van der Waals surface area (Å²) in [5.41, 5.74) is 3.07. The lowest BCUT2D eigenvalue weighted by atomic mass is 10.1. The molecule has 1 N–H and O–H groups in total. The predicted octanol–water partition coefficient (Wildman–Crippen LogP) is 4.31. The molecule has 1 atom stereocenters. The van der Waals surface area contributed by atoms with Crippen LogP contribution in [0.25, 0.3) is 0 Å². The number of benzene rings is 2. The molecule has 0 spiro atoms. The van der Waals surface area contributed by atoms with Crippen LogP contribution in [0.5, 0.6) is 0 Å². The Bertz CT molecular complexity index is 1160. The average Bonchev–Trinajstić information content (AvgIpc) is 3.26. The van der Waals surface area contributed by atoms with Crippen molar-refractivity contribution in [1.29, 1.82) is 0 Å². The molecule has 35 heavy (non-hydrogen) atoms. The van der Waals surface area contributed by atoms with E-state index in [0.29, 0.717) is 5.69 Å². The summed E-state index contributed by atoms with van der Waals surface area (Å²) in [5, 5.41) is 3.07. The summed E-state index contributed by atoms with van der Waals surface area (Å²) in [7, 11) is -3.75. The van der Waals surface area contributed by atoms with Crippen LogP contribution in [0.2, 0.25) is 0 Å². The lowest BCUT2D eigenvalue weighted by Crippen LogP contribution is -2.52. The van der Waals surface area contributed by atoms with Crippen LogP contribution in [-0.4, -0.2) is 50.0 Å². The third-order valence-corrected chi connectivity index (χ3v) is 7.92. The van der Waals surface area contributed by atoms with Crippen molar-refractivity contribution in [3.63, 3.8) is 0 Å². The molecule has 0 radical (unpaired) electrons. The van der Waals surface area contributed by atoms with Gasteiger partial charge in [-0.1, -0.05) is 47.0 Å². The summed E-state index contributed by atoms with van der Waals surface area (Å²) in [6, 6.07) is 12.3. The molecule has 0 aromatic heterocycles. The van der Waals surface area contributed by atoms with E-state index in [0.717, 1.165) is 57.4 Å². The van der Waals surface area contributed by atoms with Crippen LogP contribution in [0, 0.1) is 13.8 Å². The van der Waals surface area contributed by atoms with Crippen molar-refractivity contribution in [3.05, 3.63) is 63.6 Å². The highest BCUT2D eigenvalue weighted by Crippen LogP contribution is 2.23. The van der Waals surface area contributed by atoms with E-state index in [-0.39, 0.29) is 18.5 Å². The Kier molecular flexibility index (Phi) is 8.99. The minimum absolute atomic E-state index is 0.121. The average molecular weight is 565 g/mol. The number of hydrogen-bond acceptors (Lipinski definition) is 4. The standard InChI is InChI=1S/C26H34BrN3O4S/c1-18-12-19(2)14-24(13-18)30(35(4,33)34)17-25(31)29(16-21-8-7-9-22(27)15-21)20(3)26(32)28-23-10-5-6-11-23/h7-9,12-15,20,23H,5-6,10-11,16-17H2,1-4H3,(H,28,32)/t20-/m1/s1. The van der Waals surface area contributed by atoms with Crippen LogP contribution in [0.1, 0.15) is 49.3 Å². The molecule has 2 aromatic rings. The number of carbonyl (C=O) groups excluding carboxylic acids is 2. The van der Waals surface area contributed by atoms with Crippen LogP contribution < -0.4 is 9.62 Å². The molecule has 2 aromatic carbocycles. The highest BCUT2D eigenvalue weighted by atomic mass is 79.9. The lowest BCUT2D eigenvalue weighted by molar-refractivity contribution is -0.139. The van der Waals surface area contributed by atoms with E-state index in [2.05, 4.69) is 21.2 Å². The zero-order chi connectivity index (χ0) is 25.8. The lowest BCUT2D eigenvalue weighted by Gasteiger charge is -2.32. The number of carbonyl (C=O) groups is 2. The molecule has 1 aliphatic carbocycles. The van der Waals surface area contributed by atoms with Crippen molar-refractivity contribution < 1.29 is 18.0 Å². The normalized spacial score (nSPS) is 15.0. The maximum absolute atomic E-state index is 13.6. The van der Waals surface area contributed by atoms with Crippen molar-refractivity contribution in [1.82, 2.24) is 10.2 Å². The highest BCUT2D eigenvalue weighted by Gasteiger charge is 2.31. The minimum atomic E-state index is -3.75. The van der Waals surface area contributed by atoms with Gasteiger partial charge in [0.2, 0.25) is 21.8 Å². The van der Waals surface area contributed by atoms with Crippen molar-refractivity contribution in [2.45, 2.75) is 65.1 Å². The van der Waals surface area contributed by atoms with Crippen molar-refractivity contribution >= 4 is 43.5 Å². The molecular formula is C26H34BrN3O4S. The SMILES string of the molecule is Cc1cc(C)cc(N(CC(=O)N(Cc2cccc(Br)c2)[C@H](C)C(=O)NC2CCCC2)S(C)(=O)=O)c1. The van der Waals surface area contributed by atoms with Crippen LogP contribution >= 0.6 is 15.9 Å². The number of aryl methyl sites for hydroxylation is 2. The molecule has 190 valence electrons. The zero-order valence-corrected chi connectivity index (χ0v) is 23.2. The third kappa shape index (κ3) is 7.54. The Morgan fingerprint density at radius 1 is 1.09 bits per heavy atom. The quantitative estimate of drug-likeness (QED) is 0.492. The van der Waals surface area contributed by atoms with Gasteiger partial charge in [0.1, 0.15) is 12.6 Å². The van der Waals surface area contributed by atoms with Gasteiger partial charge in [-0.25, -0.2) is 8.42 Å². The van der Waals surface area contributed by atoms with E-state index in [9.17, 15) is 18.0 Å². The first-order valence-corrected chi connectivity index (χ1v) is 14.5. The summed E-state index contributed by atoms with van der Waals surface area (Å²) in [6.07, 6.45) is 5.13. The highest BCUT2D eigenvalue weighted by molar-refractivity contribution is 9.10. The van der Waals surface area contributed by atoms with E-state index < -0.39 is 28.5 Å². The first-order chi connectivity index (χ1) is 16.4. The number of hydrogen-bond donors (Lipinski definition) is 1. The maximum atomic E-state index is 13.6. The molecule has 0 aliphatic heterocycles. The molecule has 0 heterocycles. The Morgan fingerprint density at radius 2 is 1.71 bits per heavy atom. The van der Waals surface area contributed by atoms with Crippen LogP contribution in [0.15, 0.2) is 46.9 Å². The second-order valence-corrected chi connectivity index (χ2v) is 12.3. The number of halogens is 1. The summed E-state index contributed by atoms with van der Waals surface area (Å²) >= 11 is 3.45. The topological polar surface area (TPSA) is 86.8 Å². The molecule has 1 aliphatic rings. The predicted molar refractivity (Wildman–Crippen MR) is 143 cm³/mol. The largest absolute Gasteiger partial charge is 0.352 e. The van der Waals surface area contributed by atoms with Gasteiger partial charge in [-0.3, -0.25) is 13.9 Å². The van der Waals surface area contributed by atoms with Gasteiger partial charge in [-0.2, -0.15) is 0 Å². The summed E-state index contributed by atoms with van der Waals surface area (Å²) in [4.78, 5) is 28.2. The second-order valence-electron chi connectivity index (χ2n) is 9.43. The van der Waals surface area contributed by atoms with Gasteiger partial charge < -0.3 is 10.2 Å². The Labute approximate surface area is 217 Å². The van der Waals surface area contributed by atoms with Gasteiger partial charge in [0.25, 0.3) is 0 Å². The minimum Gasteiger partial charge on any atom is -0.352 e. The van der Waals surface area contributed by atoms with Gasteiger partial charge in [-0.05, 0) is 74.6 Å². The fourth-order valence-electron chi connectivity index (χ4n) is 4.51. The summed E-state index contributed by atoms with van der Waals surface area (Å²) in [6.45, 7) is 5.25. The van der Waals surface area contributed by atoms with Gasteiger partial charge in [-0.15, -0.1) is 0 Å². The fourth-order valence-corrected chi connectivity index (χ4v) is 5.79. The smallest absolute Gasteiger partial charge is 0.244 e. The van der Waals surface area contributed by atoms with E-state index in [1.807, 2.05) is 44.2 Å². The summed E-state index contributed by atoms with van der Waals surface area (Å²) < 4.78 is 27.4. The molecule has 1 fully saturated rings. The third-order valence-electron chi connectivity index (χ3n) is 6.28. The number of amides is 2.